The van der Waals surface area contributed by atoms with E-state index in [0.717, 1.165) is 49.9 Å². The van der Waals surface area contributed by atoms with Crippen LogP contribution in [0.2, 0.25) is 0 Å². The van der Waals surface area contributed by atoms with Crippen LogP contribution >= 0.6 is 0 Å². The quantitative estimate of drug-likeness (QED) is 0.483. The number of aromatic amines is 1. The van der Waals surface area contributed by atoms with Crippen molar-refractivity contribution in [1.82, 2.24) is 9.97 Å². The van der Waals surface area contributed by atoms with Gasteiger partial charge >= 0.3 is 0 Å². The van der Waals surface area contributed by atoms with Gasteiger partial charge in [0.2, 0.25) is 0 Å². The zero-order valence-corrected chi connectivity index (χ0v) is 23.6. The number of H-pyrrole nitrogens is 1. The van der Waals surface area contributed by atoms with Crippen LogP contribution in [-0.4, -0.2) is 39.5 Å². The van der Waals surface area contributed by atoms with Crippen molar-refractivity contribution in [3.63, 3.8) is 0 Å². The summed E-state index contributed by atoms with van der Waals surface area (Å²) >= 11 is 0. The number of aliphatic hydroxyl groups is 2. The van der Waals surface area contributed by atoms with Crippen LogP contribution in [0.4, 0.5) is 0 Å². The lowest BCUT2D eigenvalue weighted by Crippen LogP contribution is -2.58. The molecule has 3 N–H and O–H groups in total. The second-order valence-electron chi connectivity index (χ2n) is 13.9. The highest BCUT2D eigenvalue weighted by molar-refractivity contribution is 5.79. The van der Waals surface area contributed by atoms with Gasteiger partial charge in [-0.2, -0.15) is 0 Å². The van der Waals surface area contributed by atoms with E-state index in [2.05, 4.69) is 25.8 Å². The Balaban J connectivity index is 1.17. The van der Waals surface area contributed by atoms with Crippen molar-refractivity contribution < 1.29 is 14.9 Å². The molecule has 38 heavy (non-hydrogen) atoms. The van der Waals surface area contributed by atoms with Crippen molar-refractivity contribution in [2.75, 3.05) is 7.11 Å². The smallest absolute Gasteiger partial charge is 0.258 e. The average Bonchev–Trinajstić information content (AvgIpc) is 3.25. The highest BCUT2D eigenvalue weighted by Crippen LogP contribution is 2.68. The van der Waals surface area contributed by atoms with Crippen LogP contribution in [0.15, 0.2) is 23.0 Å². The Morgan fingerprint density at radius 3 is 2.63 bits per heavy atom. The number of ether oxygens (including phenoxy) is 1. The van der Waals surface area contributed by atoms with E-state index in [4.69, 9.17) is 9.72 Å². The average molecular weight is 523 g/mol. The third-order valence-electron chi connectivity index (χ3n) is 12.2. The monoisotopic (exact) mass is 522 g/mol. The van der Waals surface area contributed by atoms with Gasteiger partial charge in [0.1, 0.15) is 11.6 Å². The molecule has 4 aliphatic rings. The van der Waals surface area contributed by atoms with Gasteiger partial charge in [-0.15, -0.1) is 0 Å². The maximum Gasteiger partial charge on any atom is 0.258 e. The highest BCUT2D eigenvalue weighted by atomic mass is 16.5. The Morgan fingerprint density at radius 2 is 1.84 bits per heavy atom. The minimum absolute atomic E-state index is 0.101. The zero-order chi connectivity index (χ0) is 26.8. The summed E-state index contributed by atoms with van der Waals surface area (Å²) in [5, 5.41) is 22.4. The van der Waals surface area contributed by atoms with Crippen molar-refractivity contribution in [2.24, 2.45) is 46.3 Å². The molecule has 208 valence electrons. The van der Waals surface area contributed by atoms with Gasteiger partial charge in [0, 0.05) is 6.42 Å². The van der Waals surface area contributed by atoms with Gasteiger partial charge in [0.25, 0.3) is 5.56 Å². The first-order chi connectivity index (χ1) is 18.1. The number of methoxy groups -OCH3 is 1. The molecule has 4 fully saturated rings. The Hall–Kier alpha value is -1.92. The van der Waals surface area contributed by atoms with E-state index in [1.54, 1.807) is 13.2 Å². The molecular weight excluding hydrogens is 476 g/mol. The third-order valence-corrected chi connectivity index (χ3v) is 12.2. The molecule has 0 bridgehead atoms. The fraction of sp³-hybridized carbons (Fsp3) is 0.750. The van der Waals surface area contributed by atoms with Gasteiger partial charge in [-0.25, -0.2) is 4.98 Å². The first-order valence-electron chi connectivity index (χ1n) is 15.1. The molecule has 0 amide bonds. The van der Waals surface area contributed by atoms with E-state index >= 15 is 0 Å². The summed E-state index contributed by atoms with van der Waals surface area (Å²) in [4.78, 5) is 20.5. The molecule has 2 aromatic rings. The number of hydrogen-bond donors (Lipinski definition) is 3. The molecule has 0 saturated heterocycles. The van der Waals surface area contributed by atoms with Crippen LogP contribution in [0.1, 0.15) is 84.4 Å². The molecule has 0 aliphatic heterocycles. The summed E-state index contributed by atoms with van der Waals surface area (Å²) in [6.07, 6.45) is 10.1. The van der Waals surface area contributed by atoms with E-state index in [9.17, 15) is 15.0 Å². The largest absolute Gasteiger partial charge is 0.497 e. The molecule has 1 unspecified atom stereocenters. The number of nitrogens with zero attached hydrogens (tertiary/aromatic N) is 1. The number of aryl methyl sites for hydroxylation is 1. The van der Waals surface area contributed by atoms with E-state index < -0.39 is 0 Å². The number of nitrogens with one attached hydrogen (secondary N) is 1. The fourth-order valence-electron chi connectivity index (χ4n) is 10.2. The zero-order valence-electron chi connectivity index (χ0n) is 23.6. The molecule has 1 aromatic heterocycles. The first-order valence-corrected chi connectivity index (χ1v) is 15.1. The summed E-state index contributed by atoms with van der Waals surface area (Å²) in [7, 11) is 1.60. The molecule has 0 spiro atoms. The summed E-state index contributed by atoms with van der Waals surface area (Å²) < 4.78 is 5.27. The van der Waals surface area contributed by atoms with Crippen molar-refractivity contribution in [1.29, 1.82) is 0 Å². The topological polar surface area (TPSA) is 95.4 Å². The van der Waals surface area contributed by atoms with Gasteiger partial charge in [-0.1, -0.05) is 20.8 Å². The van der Waals surface area contributed by atoms with Gasteiger partial charge in [-0.3, -0.25) is 4.79 Å². The lowest BCUT2D eigenvalue weighted by atomic mass is 9.43. The number of benzene rings is 1. The lowest BCUT2D eigenvalue weighted by molar-refractivity contribution is -0.174. The predicted octanol–water partition coefficient (Wildman–Crippen LogP) is 5.49. The predicted molar refractivity (Wildman–Crippen MR) is 149 cm³/mol. The van der Waals surface area contributed by atoms with E-state index in [1.807, 2.05) is 12.1 Å². The minimum atomic E-state index is -0.229. The highest BCUT2D eigenvalue weighted by Gasteiger charge is 2.62. The number of aliphatic hydroxyl groups excluding tert-OH is 2. The van der Waals surface area contributed by atoms with Gasteiger partial charge < -0.3 is 19.9 Å². The van der Waals surface area contributed by atoms with Gasteiger partial charge in [0.05, 0.1) is 30.2 Å². The molecule has 6 rings (SSSR count). The fourth-order valence-corrected chi connectivity index (χ4v) is 10.2. The molecule has 1 heterocycles. The van der Waals surface area contributed by atoms with E-state index in [1.165, 1.54) is 25.7 Å². The lowest BCUT2D eigenvalue weighted by Gasteiger charge is -2.62. The standard InChI is InChI=1S/C32H46N2O4/c1-18(5-10-28-33-26-9-6-21(38-4)17-22(26)30(37)34-28)23-7-8-24-29-25(12-14-32(23,24)3)31(2)13-11-20(35)15-19(31)16-27(29)36/h6,9,17-20,23-25,27,29,35-36H,5,7-8,10-16H2,1-4H3,(H,33,34,37)/t18-,19+,20-,23-,24+,25?,27+,29+,31+,32-/m1/s1. The molecule has 6 nitrogen and oxygen atoms in total. The molecular formula is C32H46N2O4. The SMILES string of the molecule is COc1ccc2nc(CC[C@@H](C)[C@H]3CC[C@H]4[C@H]5C(CC[C@]34C)[C@@]3(C)CC[C@@H](O)C[C@H]3C[C@@H]5O)[nH]c(=O)c2c1. The maximum absolute atomic E-state index is 12.7. The van der Waals surface area contributed by atoms with Crippen molar-refractivity contribution in [3.05, 3.63) is 34.4 Å². The van der Waals surface area contributed by atoms with Crippen LogP contribution in [-0.2, 0) is 6.42 Å². The molecule has 10 atom stereocenters. The molecule has 1 aromatic carbocycles. The van der Waals surface area contributed by atoms with Crippen LogP contribution < -0.4 is 10.3 Å². The summed E-state index contributed by atoms with van der Waals surface area (Å²) in [6, 6.07) is 5.47. The summed E-state index contributed by atoms with van der Waals surface area (Å²) in [5.74, 6) is 4.63. The summed E-state index contributed by atoms with van der Waals surface area (Å²) in [6.45, 7) is 7.40. The van der Waals surface area contributed by atoms with Crippen molar-refractivity contribution >= 4 is 10.9 Å². The van der Waals surface area contributed by atoms with Crippen molar-refractivity contribution in [2.45, 2.75) is 97.2 Å². The van der Waals surface area contributed by atoms with E-state index in [0.29, 0.717) is 46.6 Å². The molecule has 4 aliphatic carbocycles. The molecule has 6 heteroatoms. The Labute approximate surface area is 226 Å². The van der Waals surface area contributed by atoms with Gasteiger partial charge in [-0.05, 0) is 122 Å². The number of aromatic nitrogens is 2. The van der Waals surface area contributed by atoms with Crippen LogP contribution in [0.5, 0.6) is 5.75 Å². The van der Waals surface area contributed by atoms with E-state index in [-0.39, 0.29) is 28.6 Å². The minimum Gasteiger partial charge on any atom is -0.497 e. The number of rotatable bonds is 5. The Morgan fingerprint density at radius 1 is 1.08 bits per heavy atom. The second-order valence-corrected chi connectivity index (χ2v) is 13.9. The van der Waals surface area contributed by atoms with Crippen LogP contribution in [0.3, 0.4) is 0 Å². The maximum atomic E-state index is 12.7. The van der Waals surface area contributed by atoms with Gasteiger partial charge in [0.15, 0.2) is 0 Å². The number of fused-ring (bicyclic) bond motifs is 6. The van der Waals surface area contributed by atoms with Crippen LogP contribution in [0.25, 0.3) is 10.9 Å². The molecule has 0 radical (unpaired) electrons. The normalized spacial score (nSPS) is 41.3. The Kier molecular flexibility index (Phi) is 6.66. The summed E-state index contributed by atoms with van der Waals surface area (Å²) in [5.41, 5.74) is 1.15. The second kappa shape index (κ2) is 9.62. The van der Waals surface area contributed by atoms with Crippen molar-refractivity contribution in [3.8, 4) is 5.75 Å². The third kappa shape index (κ3) is 4.13. The first kappa shape index (κ1) is 26.3. The Bertz CT molecular complexity index is 1240. The number of hydrogen-bond acceptors (Lipinski definition) is 5. The van der Waals surface area contributed by atoms with Crippen LogP contribution in [0, 0.1) is 46.3 Å². The molecule has 4 saturated carbocycles.